The number of nitrogens with one attached hydrogen (secondary N) is 1. The van der Waals surface area contributed by atoms with Crippen LogP contribution in [0.25, 0.3) is 0 Å². The Kier molecular flexibility index (Phi) is 3.07. The Bertz CT molecular complexity index is 381. The smallest absolute Gasteiger partial charge is 0.236 e. The average Bonchev–Trinajstić information content (AvgIpc) is 2.23. The Morgan fingerprint density at radius 1 is 1.47 bits per heavy atom. The summed E-state index contributed by atoms with van der Waals surface area (Å²) in [5.41, 5.74) is 1.21. The quantitative estimate of drug-likeness (QED) is 0.839. The summed E-state index contributed by atoms with van der Waals surface area (Å²) in [7, 11) is 1.84. The molecule has 1 aromatic carbocycles. The molecule has 1 aliphatic rings. The minimum absolute atomic E-state index is 0.151. The zero-order chi connectivity index (χ0) is 10.8. The SMILES string of the molecule is CN1CC(c2ccccc2Br)NCC1=O. The van der Waals surface area contributed by atoms with Crippen LogP contribution in [0.1, 0.15) is 11.6 Å². The highest BCUT2D eigenvalue weighted by Crippen LogP contribution is 2.24. The van der Waals surface area contributed by atoms with Gasteiger partial charge in [0.15, 0.2) is 0 Å². The van der Waals surface area contributed by atoms with E-state index in [0.29, 0.717) is 6.54 Å². The predicted molar refractivity (Wildman–Crippen MR) is 62.5 cm³/mol. The molecular weight excluding hydrogens is 256 g/mol. The Morgan fingerprint density at radius 2 is 2.20 bits per heavy atom. The van der Waals surface area contributed by atoms with Gasteiger partial charge >= 0.3 is 0 Å². The first-order valence-electron chi connectivity index (χ1n) is 4.90. The van der Waals surface area contributed by atoms with Crippen molar-refractivity contribution in [2.75, 3.05) is 20.1 Å². The fourth-order valence-corrected chi connectivity index (χ4v) is 2.31. The highest BCUT2D eigenvalue weighted by molar-refractivity contribution is 9.10. The van der Waals surface area contributed by atoms with Crippen LogP contribution in [0.3, 0.4) is 0 Å². The highest BCUT2D eigenvalue weighted by atomic mass is 79.9. The molecule has 4 heteroatoms. The van der Waals surface area contributed by atoms with Crippen molar-refractivity contribution in [2.24, 2.45) is 0 Å². The number of halogens is 1. The lowest BCUT2D eigenvalue weighted by molar-refractivity contribution is -0.131. The van der Waals surface area contributed by atoms with Crippen molar-refractivity contribution >= 4 is 21.8 Å². The molecule has 0 aromatic heterocycles. The van der Waals surface area contributed by atoms with Gasteiger partial charge in [0.1, 0.15) is 0 Å². The summed E-state index contributed by atoms with van der Waals surface area (Å²) in [6.45, 7) is 1.14. The average molecular weight is 269 g/mol. The second-order valence-corrected chi connectivity index (χ2v) is 4.58. The monoisotopic (exact) mass is 268 g/mol. The van der Waals surface area contributed by atoms with Crippen molar-refractivity contribution in [1.29, 1.82) is 0 Å². The molecule has 0 aliphatic carbocycles. The van der Waals surface area contributed by atoms with Crippen LogP contribution < -0.4 is 5.32 Å². The molecule has 0 saturated carbocycles. The van der Waals surface area contributed by atoms with Crippen LogP contribution in [0, 0.1) is 0 Å². The van der Waals surface area contributed by atoms with Gasteiger partial charge in [-0.15, -0.1) is 0 Å². The van der Waals surface area contributed by atoms with Crippen LogP contribution in [-0.2, 0) is 4.79 Å². The van der Waals surface area contributed by atoms with Crippen molar-refractivity contribution in [3.63, 3.8) is 0 Å². The van der Waals surface area contributed by atoms with Gasteiger partial charge in [0.2, 0.25) is 5.91 Å². The third kappa shape index (κ3) is 2.21. The number of hydrogen-bond acceptors (Lipinski definition) is 2. The zero-order valence-corrected chi connectivity index (χ0v) is 10.1. The third-order valence-corrected chi connectivity index (χ3v) is 3.38. The molecule has 1 atom stereocenters. The van der Waals surface area contributed by atoms with Crippen LogP contribution >= 0.6 is 15.9 Å². The topological polar surface area (TPSA) is 32.3 Å². The number of nitrogens with zero attached hydrogens (tertiary/aromatic N) is 1. The molecular formula is C11H13BrN2O. The van der Waals surface area contributed by atoms with Gasteiger partial charge in [-0.2, -0.15) is 0 Å². The van der Waals surface area contributed by atoms with Crippen molar-refractivity contribution in [3.05, 3.63) is 34.3 Å². The summed E-state index contributed by atoms with van der Waals surface area (Å²) in [5.74, 6) is 0.151. The van der Waals surface area contributed by atoms with Crippen molar-refractivity contribution in [2.45, 2.75) is 6.04 Å². The molecule has 3 nitrogen and oxygen atoms in total. The van der Waals surface area contributed by atoms with Crippen LogP contribution in [0.15, 0.2) is 28.7 Å². The molecule has 1 aromatic rings. The summed E-state index contributed by atoms with van der Waals surface area (Å²) in [4.78, 5) is 13.1. The maximum absolute atomic E-state index is 11.3. The summed E-state index contributed by atoms with van der Waals surface area (Å²) in [6, 6.07) is 8.32. The van der Waals surface area contributed by atoms with Gasteiger partial charge < -0.3 is 4.90 Å². The van der Waals surface area contributed by atoms with Gasteiger partial charge in [-0.25, -0.2) is 0 Å². The van der Waals surface area contributed by atoms with Gasteiger partial charge in [0.25, 0.3) is 0 Å². The largest absolute Gasteiger partial charge is 0.343 e. The number of benzene rings is 1. The zero-order valence-electron chi connectivity index (χ0n) is 8.53. The standard InChI is InChI=1S/C11H13BrN2O/c1-14-7-10(13-6-11(14)15)8-4-2-3-5-9(8)12/h2-5,10,13H,6-7H2,1H3. The van der Waals surface area contributed by atoms with Crippen molar-refractivity contribution < 1.29 is 4.79 Å². The lowest BCUT2D eigenvalue weighted by atomic mass is 10.0. The van der Waals surface area contributed by atoms with Gasteiger partial charge in [-0.3, -0.25) is 10.1 Å². The van der Waals surface area contributed by atoms with E-state index in [2.05, 4.69) is 27.3 Å². The van der Waals surface area contributed by atoms with E-state index in [1.165, 1.54) is 5.56 Å². The van der Waals surface area contributed by atoms with Crippen LogP contribution in [0.2, 0.25) is 0 Å². The fourth-order valence-electron chi connectivity index (χ4n) is 1.75. The van der Waals surface area contributed by atoms with E-state index < -0.39 is 0 Å². The molecule has 0 radical (unpaired) electrons. The van der Waals surface area contributed by atoms with Gasteiger partial charge in [0.05, 0.1) is 12.6 Å². The Balaban J connectivity index is 2.19. The lowest BCUT2D eigenvalue weighted by Gasteiger charge is -2.31. The molecule has 80 valence electrons. The molecule has 2 rings (SSSR count). The summed E-state index contributed by atoms with van der Waals surface area (Å²) >= 11 is 3.52. The maximum Gasteiger partial charge on any atom is 0.236 e. The first-order valence-corrected chi connectivity index (χ1v) is 5.69. The summed E-state index contributed by atoms with van der Waals surface area (Å²) in [6.07, 6.45) is 0. The van der Waals surface area contributed by atoms with E-state index in [-0.39, 0.29) is 11.9 Å². The van der Waals surface area contributed by atoms with E-state index in [0.717, 1.165) is 11.0 Å². The van der Waals surface area contributed by atoms with Crippen molar-refractivity contribution in [1.82, 2.24) is 10.2 Å². The number of likely N-dealkylation sites (N-methyl/N-ethyl adjacent to an activating group) is 1. The molecule has 1 aliphatic heterocycles. The molecule has 1 N–H and O–H groups in total. The van der Waals surface area contributed by atoms with E-state index in [1.54, 1.807) is 4.90 Å². The number of carbonyl (C=O) groups is 1. The number of piperazine rings is 1. The van der Waals surface area contributed by atoms with E-state index in [9.17, 15) is 4.79 Å². The second-order valence-electron chi connectivity index (χ2n) is 3.73. The molecule has 0 spiro atoms. The van der Waals surface area contributed by atoms with Gasteiger partial charge in [-0.05, 0) is 11.6 Å². The maximum atomic E-state index is 11.3. The van der Waals surface area contributed by atoms with E-state index >= 15 is 0 Å². The Morgan fingerprint density at radius 3 is 2.87 bits per heavy atom. The normalized spacial score (nSPS) is 21.9. The Hall–Kier alpha value is -0.870. The van der Waals surface area contributed by atoms with E-state index in [1.807, 2.05) is 25.2 Å². The summed E-state index contributed by atoms with van der Waals surface area (Å²) in [5, 5.41) is 3.24. The Labute approximate surface area is 97.6 Å². The molecule has 1 amide bonds. The third-order valence-electron chi connectivity index (χ3n) is 2.66. The number of rotatable bonds is 1. The second kappa shape index (κ2) is 4.33. The minimum Gasteiger partial charge on any atom is -0.343 e. The van der Waals surface area contributed by atoms with E-state index in [4.69, 9.17) is 0 Å². The number of hydrogen-bond donors (Lipinski definition) is 1. The molecule has 0 bridgehead atoms. The minimum atomic E-state index is 0.151. The number of amides is 1. The molecule has 1 unspecified atom stereocenters. The van der Waals surface area contributed by atoms with Crippen LogP contribution in [0.4, 0.5) is 0 Å². The van der Waals surface area contributed by atoms with Crippen LogP contribution in [0.5, 0.6) is 0 Å². The number of carbonyl (C=O) groups excluding carboxylic acids is 1. The highest BCUT2D eigenvalue weighted by Gasteiger charge is 2.24. The van der Waals surface area contributed by atoms with Crippen LogP contribution in [-0.4, -0.2) is 30.9 Å². The first kappa shape index (κ1) is 10.6. The predicted octanol–water partition coefficient (Wildman–Crippen LogP) is 1.55. The first-order chi connectivity index (χ1) is 7.18. The molecule has 15 heavy (non-hydrogen) atoms. The molecule has 1 fully saturated rings. The summed E-state index contributed by atoms with van der Waals surface area (Å²) < 4.78 is 1.09. The van der Waals surface area contributed by atoms with Gasteiger partial charge in [0, 0.05) is 18.1 Å². The molecule has 1 heterocycles. The fraction of sp³-hybridized carbons (Fsp3) is 0.364. The van der Waals surface area contributed by atoms with Crippen molar-refractivity contribution in [3.8, 4) is 0 Å². The van der Waals surface area contributed by atoms with Gasteiger partial charge in [-0.1, -0.05) is 34.1 Å². The molecule has 1 saturated heterocycles. The lowest BCUT2D eigenvalue weighted by Crippen LogP contribution is -2.47.